The van der Waals surface area contributed by atoms with E-state index in [4.69, 9.17) is 16.3 Å². The van der Waals surface area contributed by atoms with E-state index in [1.807, 2.05) is 4.90 Å². The summed E-state index contributed by atoms with van der Waals surface area (Å²) in [4.78, 5) is 16.9. The van der Waals surface area contributed by atoms with Crippen LogP contribution in [0.1, 0.15) is 30.1 Å². The van der Waals surface area contributed by atoms with Gasteiger partial charge in [-0.25, -0.2) is 0 Å². The van der Waals surface area contributed by atoms with Crippen LogP contribution in [0.15, 0.2) is 18.2 Å². The second-order valence-electron chi connectivity index (χ2n) is 6.68. The number of nitrogens with zero attached hydrogens (tertiary/aromatic N) is 2. The summed E-state index contributed by atoms with van der Waals surface area (Å²) in [5, 5.41) is 10.4. The molecule has 0 spiro atoms. The van der Waals surface area contributed by atoms with E-state index in [1.165, 1.54) is 6.07 Å². The zero-order valence-corrected chi connectivity index (χ0v) is 14.8. The molecule has 0 saturated carbocycles. The van der Waals surface area contributed by atoms with Crippen LogP contribution in [0.5, 0.6) is 5.75 Å². The summed E-state index contributed by atoms with van der Waals surface area (Å²) in [5.74, 6) is 0.448. The molecule has 1 aromatic rings. The fourth-order valence-electron chi connectivity index (χ4n) is 3.72. The van der Waals surface area contributed by atoms with E-state index in [0.717, 1.165) is 52.2 Å². The van der Waals surface area contributed by atoms with Gasteiger partial charge in [-0.15, -0.1) is 0 Å². The largest absolute Gasteiger partial charge is 0.507 e. The minimum Gasteiger partial charge on any atom is -0.507 e. The molecular formula is C18H25ClN2O3. The summed E-state index contributed by atoms with van der Waals surface area (Å²) in [6.45, 7) is 7.39. The normalized spacial score (nSPS) is 21.7. The van der Waals surface area contributed by atoms with Crippen LogP contribution in [0, 0.1) is 5.92 Å². The Balaban J connectivity index is 1.57. The SMILES string of the molecule is CC(C1CCN(C(=O)c2ccc(Cl)cc2O)CC1)N1CCOCC1. The van der Waals surface area contributed by atoms with Crippen molar-refractivity contribution >= 4 is 17.5 Å². The van der Waals surface area contributed by atoms with Crippen LogP contribution in [0.4, 0.5) is 0 Å². The Morgan fingerprint density at radius 2 is 1.92 bits per heavy atom. The minimum atomic E-state index is -0.110. The number of phenolic OH excluding ortho intramolecular Hbond substituents is 1. The Morgan fingerprint density at radius 1 is 1.25 bits per heavy atom. The van der Waals surface area contributed by atoms with Crippen LogP contribution in [0.2, 0.25) is 5.02 Å². The molecule has 24 heavy (non-hydrogen) atoms. The lowest BCUT2D eigenvalue weighted by Gasteiger charge is -2.41. The van der Waals surface area contributed by atoms with Gasteiger partial charge in [0.2, 0.25) is 0 Å². The number of likely N-dealkylation sites (tertiary alicyclic amines) is 1. The van der Waals surface area contributed by atoms with Crippen LogP contribution in [0.3, 0.4) is 0 Å². The first-order valence-electron chi connectivity index (χ1n) is 8.66. The van der Waals surface area contributed by atoms with Crippen molar-refractivity contribution < 1.29 is 14.6 Å². The number of hydrogen-bond donors (Lipinski definition) is 1. The number of halogens is 1. The minimum absolute atomic E-state index is 0.0451. The molecule has 2 fully saturated rings. The molecular weight excluding hydrogens is 328 g/mol. The van der Waals surface area contributed by atoms with Crippen molar-refractivity contribution in [1.82, 2.24) is 9.80 Å². The van der Waals surface area contributed by atoms with Gasteiger partial charge in [-0.3, -0.25) is 9.69 Å². The second-order valence-corrected chi connectivity index (χ2v) is 7.12. The molecule has 0 bridgehead atoms. The molecule has 6 heteroatoms. The molecule has 5 nitrogen and oxygen atoms in total. The van der Waals surface area contributed by atoms with Crippen molar-refractivity contribution in [3.63, 3.8) is 0 Å². The fourth-order valence-corrected chi connectivity index (χ4v) is 3.89. The number of piperidine rings is 1. The number of aromatic hydroxyl groups is 1. The number of morpholine rings is 1. The molecule has 1 amide bonds. The molecule has 3 rings (SSSR count). The molecule has 2 saturated heterocycles. The molecule has 0 aliphatic carbocycles. The maximum Gasteiger partial charge on any atom is 0.257 e. The number of rotatable bonds is 3. The zero-order chi connectivity index (χ0) is 17.1. The smallest absolute Gasteiger partial charge is 0.257 e. The Labute approximate surface area is 148 Å². The number of benzene rings is 1. The summed E-state index contributed by atoms with van der Waals surface area (Å²) >= 11 is 5.84. The Hall–Kier alpha value is -1.30. The Morgan fingerprint density at radius 3 is 2.54 bits per heavy atom. The molecule has 2 heterocycles. The Bertz CT molecular complexity index is 582. The first-order chi connectivity index (χ1) is 11.6. The average molecular weight is 353 g/mol. The standard InChI is InChI=1S/C18H25ClN2O3/c1-13(20-8-10-24-11-9-20)14-4-6-21(7-5-14)18(23)16-3-2-15(19)12-17(16)22/h2-3,12-14,22H,4-11H2,1H3. The average Bonchev–Trinajstić information content (AvgIpc) is 2.61. The van der Waals surface area contributed by atoms with E-state index in [2.05, 4.69) is 11.8 Å². The van der Waals surface area contributed by atoms with Gasteiger partial charge in [0.1, 0.15) is 5.75 Å². The van der Waals surface area contributed by atoms with E-state index in [-0.39, 0.29) is 11.7 Å². The van der Waals surface area contributed by atoms with E-state index in [1.54, 1.807) is 12.1 Å². The monoisotopic (exact) mass is 352 g/mol. The molecule has 1 N–H and O–H groups in total. The number of ether oxygens (including phenoxy) is 1. The Kier molecular flexibility index (Phi) is 5.64. The third-order valence-electron chi connectivity index (χ3n) is 5.32. The zero-order valence-electron chi connectivity index (χ0n) is 14.1. The number of carbonyl (C=O) groups excluding carboxylic acids is 1. The van der Waals surface area contributed by atoms with Gasteiger partial charge in [-0.05, 0) is 43.9 Å². The summed E-state index contributed by atoms with van der Waals surface area (Å²) < 4.78 is 5.43. The predicted octanol–water partition coefficient (Wildman–Crippen LogP) is 2.62. The fraction of sp³-hybridized carbons (Fsp3) is 0.611. The first-order valence-corrected chi connectivity index (χ1v) is 9.03. The lowest BCUT2D eigenvalue weighted by Crippen LogP contribution is -2.49. The second kappa shape index (κ2) is 7.72. The summed E-state index contributed by atoms with van der Waals surface area (Å²) in [6.07, 6.45) is 2.00. The van der Waals surface area contributed by atoms with Gasteiger partial charge in [0.15, 0.2) is 0 Å². The molecule has 2 aliphatic rings. The van der Waals surface area contributed by atoms with Crippen molar-refractivity contribution in [3.8, 4) is 5.75 Å². The van der Waals surface area contributed by atoms with Crippen LogP contribution in [0.25, 0.3) is 0 Å². The van der Waals surface area contributed by atoms with Gasteiger partial charge < -0.3 is 14.7 Å². The maximum absolute atomic E-state index is 12.6. The van der Waals surface area contributed by atoms with Crippen molar-refractivity contribution in [3.05, 3.63) is 28.8 Å². The molecule has 132 valence electrons. The third kappa shape index (κ3) is 3.85. The highest BCUT2D eigenvalue weighted by molar-refractivity contribution is 6.30. The van der Waals surface area contributed by atoms with Crippen LogP contribution in [-0.2, 0) is 4.74 Å². The van der Waals surface area contributed by atoms with Crippen molar-refractivity contribution in [2.45, 2.75) is 25.8 Å². The lowest BCUT2D eigenvalue weighted by molar-refractivity contribution is -0.000964. The molecule has 1 atom stereocenters. The van der Waals surface area contributed by atoms with E-state index >= 15 is 0 Å². The predicted molar refractivity (Wildman–Crippen MR) is 93.6 cm³/mol. The quantitative estimate of drug-likeness (QED) is 0.908. The van der Waals surface area contributed by atoms with Gasteiger partial charge in [-0.1, -0.05) is 11.6 Å². The number of carbonyl (C=O) groups is 1. The van der Waals surface area contributed by atoms with Crippen LogP contribution in [-0.4, -0.2) is 66.2 Å². The molecule has 2 aliphatic heterocycles. The maximum atomic E-state index is 12.6. The van der Waals surface area contributed by atoms with Crippen LogP contribution >= 0.6 is 11.6 Å². The van der Waals surface area contributed by atoms with Crippen LogP contribution < -0.4 is 0 Å². The molecule has 0 radical (unpaired) electrons. The molecule has 1 aromatic carbocycles. The highest BCUT2D eigenvalue weighted by atomic mass is 35.5. The highest BCUT2D eigenvalue weighted by Gasteiger charge is 2.30. The first kappa shape index (κ1) is 17.5. The van der Waals surface area contributed by atoms with Gasteiger partial charge in [-0.2, -0.15) is 0 Å². The topological polar surface area (TPSA) is 53.0 Å². The number of phenols is 1. The lowest BCUT2D eigenvalue weighted by atomic mass is 9.89. The van der Waals surface area contributed by atoms with Crippen molar-refractivity contribution in [1.29, 1.82) is 0 Å². The van der Waals surface area contributed by atoms with Gasteiger partial charge in [0.25, 0.3) is 5.91 Å². The van der Waals surface area contributed by atoms with Crippen molar-refractivity contribution in [2.75, 3.05) is 39.4 Å². The summed E-state index contributed by atoms with van der Waals surface area (Å²) in [6, 6.07) is 5.18. The molecule has 1 unspecified atom stereocenters. The molecule has 0 aromatic heterocycles. The summed E-state index contributed by atoms with van der Waals surface area (Å²) in [5.41, 5.74) is 0.332. The number of hydrogen-bond acceptors (Lipinski definition) is 4. The van der Waals surface area contributed by atoms with Crippen molar-refractivity contribution in [2.24, 2.45) is 5.92 Å². The van der Waals surface area contributed by atoms with Gasteiger partial charge in [0.05, 0.1) is 18.8 Å². The summed E-state index contributed by atoms with van der Waals surface area (Å²) in [7, 11) is 0. The van der Waals surface area contributed by atoms with Gasteiger partial charge in [0, 0.05) is 37.2 Å². The third-order valence-corrected chi connectivity index (χ3v) is 5.56. The number of amides is 1. The van der Waals surface area contributed by atoms with E-state index in [0.29, 0.717) is 22.5 Å². The highest BCUT2D eigenvalue weighted by Crippen LogP contribution is 2.28. The van der Waals surface area contributed by atoms with E-state index in [9.17, 15) is 9.90 Å². The van der Waals surface area contributed by atoms with E-state index < -0.39 is 0 Å². The van der Waals surface area contributed by atoms with Gasteiger partial charge >= 0.3 is 0 Å².